The number of hydrogen-bond donors (Lipinski definition) is 0. The molecule has 1 nitrogen and oxygen atoms in total. The molecule has 0 heterocycles. The highest BCUT2D eigenvalue weighted by Gasteiger charge is 1.99. The zero-order valence-corrected chi connectivity index (χ0v) is 7.52. The van der Waals surface area contributed by atoms with Gasteiger partial charge in [-0.05, 0) is 6.07 Å². The van der Waals surface area contributed by atoms with Gasteiger partial charge in [-0.1, -0.05) is 35.3 Å². The van der Waals surface area contributed by atoms with Crippen molar-refractivity contribution in [3.63, 3.8) is 0 Å². The first-order valence-electron chi connectivity index (χ1n) is 3.12. The summed E-state index contributed by atoms with van der Waals surface area (Å²) in [4.78, 5) is 3.84. The van der Waals surface area contributed by atoms with E-state index in [0.29, 0.717) is 10.0 Å². The fourth-order valence-electron chi connectivity index (χ4n) is 0.759. The van der Waals surface area contributed by atoms with Gasteiger partial charge >= 0.3 is 0 Å². The molecule has 0 unspecified atom stereocenters. The molecule has 0 bridgehead atoms. The quantitative estimate of drug-likeness (QED) is 0.600. The molecule has 0 fully saturated rings. The van der Waals surface area contributed by atoms with Gasteiger partial charge in [0.1, 0.15) is 0 Å². The van der Waals surface area contributed by atoms with Crippen LogP contribution >= 0.6 is 23.2 Å². The molecule has 0 spiro atoms. The molecule has 0 aliphatic heterocycles. The molecule has 3 heteroatoms. The summed E-state index contributed by atoms with van der Waals surface area (Å²) in [5.41, 5.74) is 0.849. The highest BCUT2D eigenvalue weighted by Crippen LogP contribution is 2.23. The summed E-state index contributed by atoms with van der Waals surface area (Å²) in [6.45, 7) is 0. The Kier molecular flexibility index (Phi) is 2.92. The third-order valence-electron chi connectivity index (χ3n) is 1.25. The molecule has 0 radical (unpaired) electrons. The van der Waals surface area contributed by atoms with Crippen LogP contribution in [0, 0.1) is 0 Å². The lowest BCUT2D eigenvalue weighted by atomic mass is 10.2. The Morgan fingerprint density at radius 3 is 2.73 bits per heavy atom. The van der Waals surface area contributed by atoms with E-state index in [1.165, 1.54) is 0 Å². The normalized spacial score (nSPS) is 10.8. The summed E-state index contributed by atoms with van der Waals surface area (Å²) in [7, 11) is 1.69. The average molecular weight is 188 g/mol. The van der Waals surface area contributed by atoms with E-state index >= 15 is 0 Å². The van der Waals surface area contributed by atoms with Crippen molar-refractivity contribution in [2.45, 2.75) is 0 Å². The molecule has 0 amide bonds. The highest BCUT2D eigenvalue weighted by molar-refractivity contribution is 6.43. The molecule has 0 aliphatic rings. The number of benzene rings is 1. The predicted molar refractivity (Wildman–Crippen MR) is 50.0 cm³/mol. The number of aliphatic imine (C=N–C) groups is 1. The molecule has 0 aliphatic carbocycles. The first-order valence-corrected chi connectivity index (χ1v) is 3.87. The Balaban J connectivity index is 3.16. The van der Waals surface area contributed by atoms with Crippen molar-refractivity contribution in [1.82, 2.24) is 0 Å². The molecule has 1 aromatic rings. The van der Waals surface area contributed by atoms with E-state index in [2.05, 4.69) is 4.99 Å². The maximum atomic E-state index is 5.85. The lowest BCUT2D eigenvalue weighted by Gasteiger charge is -1.97. The van der Waals surface area contributed by atoms with E-state index in [0.717, 1.165) is 5.56 Å². The molecule has 0 atom stereocenters. The van der Waals surface area contributed by atoms with Crippen LogP contribution in [0.4, 0.5) is 0 Å². The summed E-state index contributed by atoms with van der Waals surface area (Å²) in [5.74, 6) is 0. The zero-order valence-electron chi connectivity index (χ0n) is 6.01. The summed E-state index contributed by atoms with van der Waals surface area (Å²) >= 11 is 11.6. The van der Waals surface area contributed by atoms with Crippen molar-refractivity contribution in [1.29, 1.82) is 0 Å². The summed E-state index contributed by atoms with van der Waals surface area (Å²) in [5, 5.41) is 1.11. The molecule has 0 aromatic heterocycles. The van der Waals surface area contributed by atoms with Crippen molar-refractivity contribution in [2.75, 3.05) is 7.05 Å². The smallest absolute Gasteiger partial charge is 0.0679 e. The lowest BCUT2D eigenvalue weighted by Crippen LogP contribution is -1.82. The third kappa shape index (κ3) is 1.95. The Hall–Kier alpha value is -0.530. The van der Waals surface area contributed by atoms with Crippen LogP contribution in [0.25, 0.3) is 0 Å². The van der Waals surface area contributed by atoms with Crippen molar-refractivity contribution in [2.24, 2.45) is 4.99 Å². The topological polar surface area (TPSA) is 12.4 Å². The van der Waals surface area contributed by atoms with E-state index in [1.807, 2.05) is 12.1 Å². The van der Waals surface area contributed by atoms with E-state index in [9.17, 15) is 0 Å². The van der Waals surface area contributed by atoms with E-state index in [4.69, 9.17) is 23.2 Å². The number of nitrogens with zero attached hydrogens (tertiary/aromatic N) is 1. The maximum absolute atomic E-state index is 5.85. The second-order valence-corrected chi connectivity index (χ2v) is 2.82. The van der Waals surface area contributed by atoms with Gasteiger partial charge in [-0.25, -0.2) is 0 Å². The van der Waals surface area contributed by atoms with Crippen LogP contribution in [0.3, 0.4) is 0 Å². The summed E-state index contributed by atoms with van der Waals surface area (Å²) in [6.07, 6.45) is 1.67. The van der Waals surface area contributed by atoms with Gasteiger partial charge in [0, 0.05) is 18.8 Å². The molecule has 11 heavy (non-hydrogen) atoms. The minimum absolute atomic E-state index is 0.555. The molecule has 0 saturated heterocycles. The fraction of sp³-hybridized carbons (Fsp3) is 0.125. The van der Waals surface area contributed by atoms with Gasteiger partial charge in [0.05, 0.1) is 10.0 Å². The second kappa shape index (κ2) is 3.74. The van der Waals surface area contributed by atoms with Crippen LogP contribution in [-0.4, -0.2) is 13.3 Å². The van der Waals surface area contributed by atoms with E-state index in [1.54, 1.807) is 19.3 Å². The van der Waals surface area contributed by atoms with Gasteiger partial charge in [0.2, 0.25) is 0 Å². The fourth-order valence-corrected chi connectivity index (χ4v) is 1.12. The Morgan fingerprint density at radius 2 is 2.09 bits per heavy atom. The van der Waals surface area contributed by atoms with Crippen LogP contribution in [0.1, 0.15) is 5.56 Å². The van der Waals surface area contributed by atoms with Gasteiger partial charge in [-0.3, -0.25) is 4.99 Å². The van der Waals surface area contributed by atoms with Crippen LogP contribution < -0.4 is 0 Å². The van der Waals surface area contributed by atoms with E-state index in [-0.39, 0.29) is 0 Å². The molecule has 0 N–H and O–H groups in total. The number of rotatable bonds is 1. The van der Waals surface area contributed by atoms with Crippen molar-refractivity contribution < 1.29 is 0 Å². The Bertz CT molecular complexity index is 281. The first kappa shape index (κ1) is 8.57. The van der Waals surface area contributed by atoms with Crippen molar-refractivity contribution in [3.8, 4) is 0 Å². The summed E-state index contributed by atoms with van der Waals surface area (Å²) in [6, 6.07) is 5.45. The average Bonchev–Trinajstić information content (AvgIpc) is 1.99. The molecule has 1 rings (SSSR count). The molecular formula is C8H7Cl2N. The second-order valence-electron chi connectivity index (χ2n) is 2.03. The van der Waals surface area contributed by atoms with Gasteiger partial charge in [-0.2, -0.15) is 0 Å². The van der Waals surface area contributed by atoms with Gasteiger partial charge < -0.3 is 0 Å². The highest BCUT2D eigenvalue weighted by atomic mass is 35.5. The monoisotopic (exact) mass is 187 g/mol. The summed E-state index contributed by atoms with van der Waals surface area (Å²) < 4.78 is 0. The van der Waals surface area contributed by atoms with Crippen LogP contribution in [0.2, 0.25) is 10.0 Å². The first-order chi connectivity index (χ1) is 5.25. The van der Waals surface area contributed by atoms with Gasteiger partial charge in [-0.15, -0.1) is 0 Å². The predicted octanol–water partition coefficient (Wildman–Crippen LogP) is 3.04. The van der Waals surface area contributed by atoms with Crippen LogP contribution in [0.15, 0.2) is 23.2 Å². The maximum Gasteiger partial charge on any atom is 0.0679 e. The minimum Gasteiger partial charge on any atom is -0.296 e. The van der Waals surface area contributed by atoms with Crippen molar-refractivity contribution >= 4 is 29.4 Å². The molecular weight excluding hydrogens is 181 g/mol. The Morgan fingerprint density at radius 1 is 1.36 bits per heavy atom. The molecule has 58 valence electrons. The van der Waals surface area contributed by atoms with Crippen molar-refractivity contribution in [3.05, 3.63) is 33.8 Å². The SMILES string of the molecule is C/N=C/c1cccc(Cl)c1Cl. The van der Waals surface area contributed by atoms with E-state index < -0.39 is 0 Å². The minimum atomic E-state index is 0.555. The molecule has 1 aromatic carbocycles. The number of hydrogen-bond acceptors (Lipinski definition) is 1. The molecule has 0 saturated carbocycles. The van der Waals surface area contributed by atoms with Gasteiger partial charge in [0.15, 0.2) is 0 Å². The lowest BCUT2D eigenvalue weighted by molar-refractivity contribution is 1.46. The third-order valence-corrected chi connectivity index (χ3v) is 2.08. The van der Waals surface area contributed by atoms with Gasteiger partial charge in [0.25, 0.3) is 0 Å². The largest absolute Gasteiger partial charge is 0.296 e. The number of halogens is 2. The van der Waals surface area contributed by atoms with Crippen LogP contribution in [0.5, 0.6) is 0 Å². The zero-order chi connectivity index (χ0) is 8.27. The Labute approximate surface area is 75.7 Å². The van der Waals surface area contributed by atoms with Crippen LogP contribution in [-0.2, 0) is 0 Å². The standard InChI is InChI=1S/C8H7Cl2N/c1-11-5-6-3-2-4-7(9)8(6)10/h2-5H,1H3/b11-5+.